The Hall–Kier alpha value is -5.20. The van der Waals surface area contributed by atoms with Crippen molar-refractivity contribution in [3.05, 3.63) is 65.0 Å². The van der Waals surface area contributed by atoms with Crippen LogP contribution in [0.15, 0.2) is 42.5 Å². The molecule has 13 heteroatoms. The molecule has 1 aromatic heterocycles. The quantitative estimate of drug-likeness (QED) is 0.428. The van der Waals surface area contributed by atoms with Gasteiger partial charge in [-0.2, -0.15) is 0 Å². The number of nitrogens with zero attached hydrogens (tertiary/aromatic N) is 3. The Labute approximate surface area is 243 Å². The third-order valence-electron chi connectivity index (χ3n) is 7.69. The Morgan fingerprint density at radius 1 is 1.02 bits per heavy atom. The highest BCUT2D eigenvalue weighted by Gasteiger charge is 2.45. The number of carbonyl (C=O) groups excluding carboxylic acids is 5. The SMILES string of the molecule is Cc1cc(-c2cc3c(cc2Nc2cccc4c2C(=O)N([C@H]2CCC(=O)NC2=O)C4=O)N(C)C(=O)[C@@H](C)O3)cc(C(F)F)n1. The number of pyridine rings is 1. The standard InChI is InChI=1S/C30H25F2N5O6/c1-13-9-15(10-20(33-13)26(31)32)17-11-23-22(36(3)28(40)14(2)43-23)12-19(17)34-18-6-4-5-16-25(18)30(42)37(29(16)41)21-7-8-24(38)35-27(21)39/h4-6,9-12,14,21,26,34H,7-8H2,1-3H3,(H,35,38,39)/t14-,21+/m1/s1. The first-order chi connectivity index (χ1) is 20.4. The molecule has 3 aromatic rings. The lowest BCUT2D eigenvalue weighted by Gasteiger charge is -2.31. The van der Waals surface area contributed by atoms with E-state index in [2.05, 4.69) is 15.6 Å². The minimum Gasteiger partial charge on any atom is -0.479 e. The van der Waals surface area contributed by atoms with Crippen LogP contribution in [0.4, 0.5) is 25.8 Å². The largest absolute Gasteiger partial charge is 0.479 e. The molecule has 0 bridgehead atoms. The van der Waals surface area contributed by atoms with E-state index in [1.807, 2.05) is 0 Å². The van der Waals surface area contributed by atoms with Crippen LogP contribution in [-0.4, -0.2) is 58.6 Å². The predicted octanol–water partition coefficient (Wildman–Crippen LogP) is 3.88. The number of halogens is 2. The first-order valence-corrected chi connectivity index (χ1v) is 13.5. The number of nitrogens with one attached hydrogen (secondary N) is 2. The molecule has 0 unspecified atom stereocenters. The predicted molar refractivity (Wildman–Crippen MR) is 149 cm³/mol. The van der Waals surface area contributed by atoms with Gasteiger partial charge in [0, 0.05) is 30.4 Å². The Kier molecular flexibility index (Phi) is 6.67. The lowest BCUT2D eigenvalue weighted by atomic mass is 9.99. The van der Waals surface area contributed by atoms with Gasteiger partial charge in [-0.1, -0.05) is 6.07 Å². The second kappa shape index (κ2) is 10.3. The fraction of sp³-hybridized carbons (Fsp3) is 0.267. The maximum atomic E-state index is 13.7. The monoisotopic (exact) mass is 589 g/mol. The van der Waals surface area contributed by atoms with E-state index in [4.69, 9.17) is 4.74 Å². The number of hydrogen-bond donors (Lipinski definition) is 2. The van der Waals surface area contributed by atoms with Gasteiger partial charge in [0.15, 0.2) is 6.10 Å². The van der Waals surface area contributed by atoms with Crippen LogP contribution in [0.25, 0.3) is 11.1 Å². The van der Waals surface area contributed by atoms with Crippen LogP contribution >= 0.6 is 0 Å². The van der Waals surface area contributed by atoms with Gasteiger partial charge >= 0.3 is 0 Å². The smallest absolute Gasteiger partial charge is 0.280 e. The topological polar surface area (TPSA) is 138 Å². The fourth-order valence-corrected chi connectivity index (χ4v) is 5.63. The molecule has 4 heterocycles. The number of benzene rings is 2. The second-order valence-electron chi connectivity index (χ2n) is 10.5. The zero-order chi connectivity index (χ0) is 30.7. The molecule has 5 amide bonds. The van der Waals surface area contributed by atoms with Crippen LogP contribution in [-0.2, 0) is 14.4 Å². The summed E-state index contributed by atoms with van der Waals surface area (Å²) in [5.74, 6) is -2.57. The maximum absolute atomic E-state index is 13.7. The number of ether oxygens (including phenoxy) is 1. The van der Waals surface area contributed by atoms with Gasteiger partial charge in [0.05, 0.1) is 22.5 Å². The first-order valence-electron chi connectivity index (χ1n) is 13.5. The lowest BCUT2D eigenvalue weighted by Crippen LogP contribution is -2.54. The zero-order valence-corrected chi connectivity index (χ0v) is 23.2. The van der Waals surface area contributed by atoms with Crippen LogP contribution in [0.5, 0.6) is 5.75 Å². The summed E-state index contributed by atoms with van der Waals surface area (Å²) in [5, 5.41) is 5.34. The zero-order valence-electron chi connectivity index (χ0n) is 23.2. The molecule has 1 fully saturated rings. The van der Waals surface area contributed by atoms with Gasteiger partial charge in [0.25, 0.3) is 24.1 Å². The Morgan fingerprint density at radius 3 is 2.51 bits per heavy atom. The average Bonchev–Trinajstić information content (AvgIpc) is 3.21. The number of amides is 5. The number of likely N-dealkylation sites (N-methyl/N-ethyl adjacent to an activating group) is 1. The number of alkyl halides is 2. The Balaban J connectivity index is 1.47. The molecule has 0 saturated carbocycles. The lowest BCUT2D eigenvalue weighted by molar-refractivity contribution is -0.136. The van der Waals surface area contributed by atoms with Crippen molar-refractivity contribution in [2.45, 2.75) is 45.3 Å². The third kappa shape index (κ3) is 4.66. The number of imide groups is 2. The molecule has 0 spiro atoms. The van der Waals surface area contributed by atoms with E-state index in [0.717, 1.165) is 4.90 Å². The van der Waals surface area contributed by atoms with Crippen molar-refractivity contribution in [2.24, 2.45) is 0 Å². The minimum absolute atomic E-state index is 0.000513. The van der Waals surface area contributed by atoms with Gasteiger partial charge < -0.3 is 15.0 Å². The van der Waals surface area contributed by atoms with Crippen molar-refractivity contribution in [3.63, 3.8) is 0 Å². The van der Waals surface area contributed by atoms with E-state index in [1.54, 1.807) is 51.2 Å². The molecular formula is C30H25F2N5O6. The molecule has 3 aliphatic rings. The summed E-state index contributed by atoms with van der Waals surface area (Å²) in [6.45, 7) is 3.19. The highest BCUT2D eigenvalue weighted by Crippen LogP contribution is 2.44. The average molecular weight is 590 g/mol. The number of fused-ring (bicyclic) bond motifs is 2. The van der Waals surface area contributed by atoms with Gasteiger partial charge in [0.1, 0.15) is 17.5 Å². The third-order valence-corrected chi connectivity index (χ3v) is 7.69. The summed E-state index contributed by atoms with van der Waals surface area (Å²) in [6.07, 6.45) is -3.63. The highest BCUT2D eigenvalue weighted by molar-refractivity contribution is 6.25. The van der Waals surface area contributed by atoms with Crippen LogP contribution in [0.1, 0.15) is 58.3 Å². The molecule has 6 rings (SSSR count). The Bertz CT molecular complexity index is 1760. The van der Waals surface area contributed by atoms with E-state index in [0.29, 0.717) is 33.9 Å². The molecule has 2 aromatic carbocycles. The molecule has 1 saturated heterocycles. The van der Waals surface area contributed by atoms with Gasteiger partial charge in [-0.15, -0.1) is 0 Å². The van der Waals surface area contributed by atoms with Crippen molar-refractivity contribution in [1.29, 1.82) is 0 Å². The van der Waals surface area contributed by atoms with E-state index < -0.39 is 47.9 Å². The van der Waals surface area contributed by atoms with Crippen LogP contribution in [0, 0.1) is 6.92 Å². The summed E-state index contributed by atoms with van der Waals surface area (Å²) in [6, 6.07) is 9.53. The van der Waals surface area contributed by atoms with Crippen LogP contribution in [0.3, 0.4) is 0 Å². The normalized spacial score (nSPS) is 19.8. The number of hydrogen-bond acceptors (Lipinski definition) is 8. The summed E-state index contributed by atoms with van der Waals surface area (Å²) in [7, 11) is 1.58. The number of carbonyl (C=O) groups is 5. The van der Waals surface area contributed by atoms with Gasteiger partial charge in [-0.3, -0.25) is 39.2 Å². The molecule has 220 valence electrons. The summed E-state index contributed by atoms with van der Waals surface area (Å²) < 4.78 is 33.3. The van der Waals surface area contributed by atoms with E-state index in [-0.39, 0.29) is 35.6 Å². The second-order valence-corrected chi connectivity index (χ2v) is 10.5. The maximum Gasteiger partial charge on any atom is 0.280 e. The van der Waals surface area contributed by atoms with Gasteiger partial charge in [-0.25, -0.2) is 8.78 Å². The first kappa shape index (κ1) is 27.9. The molecule has 43 heavy (non-hydrogen) atoms. The number of aromatic nitrogens is 1. The number of anilines is 3. The van der Waals surface area contributed by atoms with Crippen molar-refractivity contribution in [1.82, 2.24) is 15.2 Å². The molecule has 3 aliphatic heterocycles. The molecule has 0 aliphatic carbocycles. The van der Waals surface area contributed by atoms with Crippen molar-refractivity contribution < 1.29 is 37.5 Å². The van der Waals surface area contributed by atoms with E-state index in [1.165, 1.54) is 17.0 Å². The molecule has 2 N–H and O–H groups in total. The summed E-state index contributed by atoms with van der Waals surface area (Å²) in [5.41, 5.74) is 1.72. The van der Waals surface area contributed by atoms with Crippen molar-refractivity contribution in [2.75, 3.05) is 17.3 Å². The molecular weight excluding hydrogens is 564 g/mol. The highest BCUT2D eigenvalue weighted by atomic mass is 19.3. The summed E-state index contributed by atoms with van der Waals surface area (Å²) >= 11 is 0. The molecule has 11 nitrogen and oxygen atoms in total. The number of aryl methyl sites for hydroxylation is 1. The van der Waals surface area contributed by atoms with Crippen LogP contribution in [0.2, 0.25) is 0 Å². The van der Waals surface area contributed by atoms with E-state index >= 15 is 0 Å². The number of rotatable bonds is 5. The van der Waals surface area contributed by atoms with Gasteiger partial charge in [0.2, 0.25) is 11.8 Å². The van der Waals surface area contributed by atoms with E-state index in [9.17, 15) is 32.8 Å². The molecule has 0 radical (unpaired) electrons. The van der Waals surface area contributed by atoms with Crippen LogP contribution < -0.4 is 20.3 Å². The number of piperidine rings is 1. The van der Waals surface area contributed by atoms with Gasteiger partial charge in [-0.05, 0) is 62.2 Å². The minimum atomic E-state index is -2.83. The van der Waals surface area contributed by atoms with Crippen molar-refractivity contribution >= 4 is 46.6 Å². The fourth-order valence-electron chi connectivity index (χ4n) is 5.63. The van der Waals surface area contributed by atoms with Crippen molar-refractivity contribution in [3.8, 4) is 16.9 Å². The Morgan fingerprint density at radius 2 is 1.79 bits per heavy atom. The summed E-state index contributed by atoms with van der Waals surface area (Å²) in [4.78, 5) is 70.1. The molecule has 2 atom stereocenters.